The fourth-order valence-electron chi connectivity index (χ4n) is 1.54. The van der Waals surface area contributed by atoms with Gasteiger partial charge in [0, 0.05) is 0 Å². The number of thiophene rings is 1. The van der Waals surface area contributed by atoms with Gasteiger partial charge in [-0.1, -0.05) is 0 Å². The molecule has 7 heteroatoms. The van der Waals surface area contributed by atoms with Crippen LogP contribution in [0.3, 0.4) is 0 Å². The number of aromatic nitrogens is 2. The minimum absolute atomic E-state index is 0.0906. The molecule has 0 saturated carbocycles. The standard InChI is InChI=1S/C11H6BrN3OSSe/c12-6-4-5-17-10(6)11(16)13-7-2-1-3-8-9(7)15-18-14-8/h1-5H,(H,13,16). The first-order valence-electron chi connectivity index (χ1n) is 5.01. The van der Waals surface area contributed by atoms with Crippen molar-refractivity contribution in [2.45, 2.75) is 0 Å². The summed E-state index contributed by atoms with van der Waals surface area (Å²) in [5.74, 6) is -0.125. The van der Waals surface area contributed by atoms with Gasteiger partial charge in [0.1, 0.15) is 0 Å². The van der Waals surface area contributed by atoms with E-state index in [0.29, 0.717) is 4.88 Å². The molecule has 2 heterocycles. The van der Waals surface area contributed by atoms with Crippen molar-refractivity contribution in [2.24, 2.45) is 0 Å². The minimum atomic E-state index is -0.125. The van der Waals surface area contributed by atoms with Gasteiger partial charge in [-0.2, -0.15) is 0 Å². The van der Waals surface area contributed by atoms with Gasteiger partial charge in [0.25, 0.3) is 0 Å². The first kappa shape index (κ1) is 12.0. The molecular formula is C11H6BrN3OSSe. The van der Waals surface area contributed by atoms with E-state index in [1.807, 2.05) is 29.6 Å². The number of halogens is 1. The molecule has 18 heavy (non-hydrogen) atoms. The molecule has 0 radical (unpaired) electrons. The van der Waals surface area contributed by atoms with Crippen LogP contribution < -0.4 is 5.32 Å². The Morgan fingerprint density at radius 2 is 2.22 bits per heavy atom. The molecule has 2 aromatic heterocycles. The molecule has 0 atom stereocenters. The Morgan fingerprint density at radius 1 is 1.33 bits per heavy atom. The number of anilines is 1. The Kier molecular flexibility index (Phi) is 3.30. The van der Waals surface area contributed by atoms with Crippen LogP contribution in [0.5, 0.6) is 0 Å². The summed E-state index contributed by atoms with van der Waals surface area (Å²) in [5.41, 5.74) is 2.37. The quantitative estimate of drug-likeness (QED) is 0.689. The monoisotopic (exact) mass is 387 g/mol. The van der Waals surface area contributed by atoms with Gasteiger partial charge in [0.2, 0.25) is 0 Å². The number of nitrogens with one attached hydrogen (secondary N) is 1. The van der Waals surface area contributed by atoms with Crippen LogP contribution in [-0.2, 0) is 0 Å². The Morgan fingerprint density at radius 3 is 3.00 bits per heavy atom. The number of benzene rings is 1. The van der Waals surface area contributed by atoms with Gasteiger partial charge >= 0.3 is 122 Å². The third-order valence-electron chi connectivity index (χ3n) is 2.36. The molecule has 0 spiro atoms. The second kappa shape index (κ2) is 4.93. The maximum absolute atomic E-state index is 12.1. The second-order valence-electron chi connectivity index (χ2n) is 3.49. The summed E-state index contributed by atoms with van der Waals surface area (Å²) in [5, 5.41) is 4.76. The van der Waals surface area contributed by atoms with E-state index in [0.717, 1.165) is 21.2 Å². The number of amides is 1. The summed E-state index contributed by atoms with van der Waals surface area (Å²) in [4.78, 5) is 12.8. The van der Waals surface area contributed by atoms with Gasteiger partial charge in [-0.25, -0.2) is 0 Å². The van der Waals surface area contributed by atoms with Crippen LogP contribution in [-0.4, -0.2) is 28.8 Å². The molecule has 4 nitrogen and oxygen atoms in total. The third-order valence-corrected chi connectivity index (χ3v) is 5.33. The average Bonchev–Trinajstić information content (AvgIpc) is 2.97. The van der Waals surface area contributed by atoms with E-state index < -0.39 is 0 Å². The Hall–Kier alpha value is -1.01. The second-order valence-corrected chi connectivity index (χ2v) is 6.37. The molecule has 0 fully saturated rings. The van der Waals surface area contributed by atoms with Crippen molar-refractivity contribution in [2.75, 3.05) is 5.32 Å². The van der Waals surface area contributed by atoms with Crippen molar-refractivity contribution in [3.63, 3.8) is 0 Å². The fraction of sp³-hybridized carbons (Fsp3) is 0. The zero-order valence-electron chi connectivity index (χ0n) is 8.88. The zero-order chi connectivity index (χ0) is 12.5. The molecule has 0 unspecified atom stereocenters. The maximum atomic E-state index is 12.1. The van der Waals surface area contributed by atoms with Gasteiger partial charge in [-0.15, -0.1) is 0 Å². The van der Waals surface area contributed by atoms with E-state index in [1.54, 1.807) is 0 Å². The summed E-state index contributed by atoms with van der Waals surface area (Å²) < 4.78 is 9.42. The average molecular weight is 387 g/mol. The molecule has 90 valence electrons. The molecule has 3 rings (SSSR count). The van der Waals surface area contributed by atoms with Crippen molar-refractivity contribution in [3.05, 3.63) is 39.0 Å². The van der Waals surface area contributed by atoms with Crippen LogP contribution >= 0.6 is 27.3 Å². The van der Waals surface area contributed by atoms with E-state index in [1.165, 1.54) is 11.3 Å². The topological polar surface area (TPSA) is 54.9 Å². The zero-order valence-corrected chi connectivity index (χ0v) is 13.0. The van der Waals surface area contributed by atoms with Gasteiger partial charge in [0.15, 0.2) is 0 Å². The molecule has 0 saturated heterocycles. The van der Waals surface area contributed by atoms with Crippen LogP contribution in [0.15, 0.2) is 34.1 Å². The van der Waals surface area contributed by atoms with Crippen LogP contribution in [0.2, 0.25) is 0 Å². The van der Waals surface area contributed by atoms with Crippen LogP contribution in [0.1, 0.15) is 9.67 Å². The normalized spacial score (nSPS) is 10.7. The van der Waals surface area contributed by atoms with E-state index >= 15 is 0 Å². The Bertz CT molecular complexity index is 724. The van der Waals surface area contributed by atoms with Crippen molar-refractivity contribution < 1.29 is 4.79 Å². The van der Waals surface area contributed by atoms with Crippen molar-refractivity contribution >= 4 is 64.9 Å². The first-order chi connectivity index (χ1) is 8.75. The summed E-state index contributed by atoms with van der Waals surface area (Å²) in [7, 11) is 0. The number of nitrogens with zero attached hydrogens (tertiary/aromatic N) is 2. The predicted octanol–water partition coefficient (Wildman–Crippen LogP) is 2.76. The number of fused-ring (bicyclic) bond motifs is 1. The van der Waals surface area contributed by atoms with Gasteiger partial charge in [0.05, 0.1) is 0 Å². The predicted molar refractivity (Wildman–Crippen MR) is 76.5 cm³/mol. The molecule has 0 aliphatic rings. The van der Waals surface area contributed by atoms with E-state index in [9.17, 15) is 4.79 Å². The van der Waals surface area contributed by atoms with Gasteiger partial charge in [-0.05, 0) is 0 Å². The van der Waals surface area contributed by atoms with Crippen molar-refractivity contribution in [1.82, 2.24) is 7.96 Å². The number of rotatable bonds is 2. The SMILES string of the molecule is O=C(Nc1cccc2n[se]nc12)c1sccc1Br. The van der Waals surface area contributed by atoms with E-state index in [4.69, 9.17) is 0 Å². The van der Waals surface area contributed by atoms with Crippen LogP contribution in [0.25, 0.3) is 11.0 Å². The summed E-state index contributed by atoms with van der Waals surface area (Å²) in [6.07, 6.45) is 0. The number of carbonyl (C=O) groups excluding carboxylic acids is 1. The van der Waals surface area contributed by atoms with Crippen molar-refractivity contribution in [1.29, 1.82) is 0 Å². The molecule has 1 amide bonds. The summed E-state index contributed by atoms with van der Waals surface area (Å²) in [6.45, 7) is 0. The molecule has 1 N–H and O–H groups in total. The molecule has 0 bridgehead atoms. The van der Waals surface area contributed by atoms with Crippen LogP contribution in [0.4, 0.5) is 5.69 Å². The fourth-order valence-corrected chi connectivity index (χ4v) is 4.14. The third kappa shape index (κ3) is 2.14. The molecule has 0 aliphatic heterocycles. The summed E-state index contributed by atoms with van der Waals surface area (Å²) >= 11 is 4.66. The first-order valence-corrected chi connectivity index (χ1v) is 8.22. The number of carbonyl (C=O) groups is 1. The Balaban J connectivity index is 1.95. The molecular weight excluding hydrogens is 381 g/mol. The number of hydrogen-bond donors (Lipinski definition) is 1. The molecule has 3 aromatic rings. The molecule has 1 aromatic carbocycles. The van der Waals surface area contributed by atoms with E-state index in [-0.39, 0.29) is 20.9 Å². The molecule has 0 aliphatic carbocycles. The van der Waals surface area contributed by atoms with Crippen LogP contribution in [0, 0.1) is 0 Å². The van der Waals surface area contributed by atoms with Crippen molar-refractivity contribution in [3.8, 4) is 0 Å². The number of hydrogen-bond acceptors (Lipinski definition) is 4. The van der Waals surface area contributed by atoms with Gasteiger partial charge in [-0.3, -0.25) is 0 Å². The van der Waals surface area contributed by atoms with Gasteiger partial charge < -0.3 is 0 Å². The summed E-state index contributed by atoms with van der Waals surface area (Å²) in [6, 6.07) is 7.49. The van der Waals surface area contributed by atoms with E-state index in [2.05, 4.69) is 29.2 Å². The Labute approximate surface area is 121 Å².